The number of allylic oxidation sites excluding steroid dienone is 4. The second kappa shape index (κ2) is 9.31. The SMILES string of the molecule is N[N+]12C=CN=CC1=C(C1=CC=C1)N=C2c1cccc(OCc2ccccc2NC(=O)c2ccccc2)c1. The summed E-state index contributed by atoms with van der Waals surface area (Å²) in [4.78, 5) is 21.9. The minimum absolute atomic E-state index is 0.0538. The highest BCUT2D eigenvalue weighted by molar-refractivity contribution is 6.04. The zero-order valence-corrected chi connectivity index (χ0v) is 19.9. The maximum atomic E-state index is 12.7. The molecule has 2 heterocycles. The van der Waals surface area contributed by atoms with E-state index >= 15 is 0 Å². The average Bonchev–Trinajstić information content (AvgIpc) is 3.20. The second-order valence-corrected chi connectivity index (χ2v) is 8.80. The van der Waals surface area contributed by atoms with Crippen molar-refractivity contribution >= 4 is 23.6 Å². The lowest BCUT2D eigenvalue weighted by Gasteiger charge is -2.26. The Bertz CT molecular complexity index is 1580. The molecule has 0 saturated carbocycles. The summed E-state index contributed by atoms with van der Waals surface area (Å²) in [5.41, 5.74) is 5.69. The summed E-state index contributed by atoms with van der Waals surface area (Å²) in [6.07, 6.45) is 11.3. The van der Waals surface area contributed by atoms with Gasteiger partial charge in [0.15, 0.2) is 0 Å². The minimum atomic E-state index is -0.167. The van der Waals surface area contributed by atoms with Crippen molar-refractivity contribution in [3.8, 4) is 5.75 Å². The Labute approximate surface area is 214 Å². The molecule has 1 aliphatic carbocycles. The van der Waals surface area contributed by atoms with Crippen LogP contribution < -0.4 is 15.9 Å². The van der Waals surface area contributed by atoms with Gasteiger partial charge in [0.2, 0.25) is 5.70 Å². The third kappa shape index (κ3) is 4.23. The van der Waals surface area contributed by atoms with Crippen LogP contribution in [0.2, 0.25) is 0 Å². The smallest absolute Gasteiger partial charge is 0.265 e. The summed E-state index contributed by atoms with van der Waals surface area (Å²) in [7, 11) is 0. The Morgan fingerprint density at radius 2 is 1.81 bits per heavy atom. The number of nitrogens with one attached hydrogen (secondary N) is 1. The quantitative estimate of drug-likeness (QED) is 0.354. The number of hydrogen-bond donors (Lipinski definition) is 2. The van der Waals surface area contributed by atoms with Crippen LogP contribution in [0, 0.1) is 0 Å². The molecule has 3 N–H and O–H groups in total. The molecule has 0 spiro atoms. The zero-order chi connectivity index (χ0) is 25.2. The van der Waals surface area contributed by atoms with Gasteiger partial charge in [0.1, 0.15) is 24.3 Å². The molecule has 1 unspecified atom stereocenters. The van der Waals surface area contributed by atoms with Crippen LogP contribution in [0.5, 0.6) is 5.75 Å². The molecular formula is C30H24N5O2+. The Kier molecular flexibility index (Phi) is 5.69. The number of ether oxygens (including phenoxy) is 1. The number of aliphatic imine (C=N–C) groups is 2. The number of anilines is 1. The van der Waals surface area contributed by atoms with Crippen LogP contribution in [0.15, 0.2) is 136 Å². The Morgan fingerprint density at radius 1 is 1.00 bits per heavy atom. The van der Waals surface area contributed by atoms with Gasteiger partial charge in [-0.1, -0.05) is 60.7 Å². The summed E-state index contributed by atoms with van der Waals surface area (Å²) >= 11 is 0. The monoisotopic (exact) mass is 486 g/mol. The fraction of sp³-hybridized carbons (Fsp3) is 0.0333. The number of carbonyl (C=O) groups is 1. The van der Waals surface area contributed by atoms with Crippen LogP contribution in [0.1, 0.15) is 21.5 Å². The fourth-order valence-electron chi connectivity index (χ4n) is 4.38. The van der Waals surface area contributed by atoms with Gasteiger partial charge in [0.05, 0.1) is 18.0 Å². The van der Waals surface area contributed by atoms with E-state index in [-0.39, 0.29) is 17.1 Å². The number of carbonyl (C=O) groups excluding carboxylic acids is 1. The number of hydrogen-bond acceptors (Lipinski definition) is 5. The molecule has 3 aromatic rings. The van der Waals surface area contributed by atoms with E-state index in [9.17, 15) is 4.79 Å². The summed E-state index contributed by atoms with van der Waals surface area (Å²) in [6.45, 7) is 0.281. The van der Waals surface area contributed by atoms with Gasteiger partial charge in [-0.25, -0.2) is 0 Å². The van der Waals surface area contributed by atoms with Crippen molar-refractivity contribution in [2.75, 3.05) is 5.32 Å². The van der Waals surface area contributed by atoms with E-state index in [1.54, 1.807) is 24.5 Å². The van der Waals surface area contributed by atoms with E-state index in [2.05, 4.69) is 10.3 Å². The van der Waals surface area contributed by atoms with Crippen molar-refractivity contribution in [1.82, 2.24) is 0 Å². The predicted octanol–water partition coefficient (Wildman–Crippen LogP) is 5.23. The summed E-state index contributed by atoms with van der Waals surface area (Å²) in [6, 6.07) is 24.5. The first-order valence-corrected chi connectivity index (χ1v) is 11.9. The van der Waals surface area contributed by atoms with Gasteiger partial charge in [-0.3, -0.25) is 9.79 Å². The zero-order valence-electron chi connectivity index (χ0n) is 19.9. The second-order valence-electron chi connectivity index (χ2n) is 8.80. The van der Waals surface area contributed by atoms with Crippen molar-refractivity contribution in [3.63, 3.8) is 0 Å². The van der Waals surface area contributed by atoms with E-state index in [0.29, 0.717) is 22.8 Å². The number of para-hydroxylation sites is 1. The van der Waals surface area contributed by atoms with Crippen LogP contribution in [0.3, 0.4) is 0 Å². The maximum Gasteiger partial charge on any atom is 0.265 e. The van der Waals surface area contributed by atoms with Gasteiger partial charge in [-0.05, 0) is 36.4 Å². The number of amides is 1. The maximum absolute atomic E-state index is 12.7. The molecule has 3 aromatic carbocycles. The molecule has 180 valence electrons. The number of benzene rings is 3. The van der Waals surface area contributed by atoms with E-state index in [1.807, 2.05) is 91.2 Å². The number of quaternary nitrogens is 1. The Hall–Kier alpha value is -4.85. The first-order valence-electron chi connectivity index (χ1n) is 11.9. The molecule has 1 amide bonds. The number of fused-ring (bicyclic) bond motifs is 1. The Balaban J connectivity index is 1.22. The Morgan fingerprint density at radius 3 is 2.62 bits per heavy atom. The first kappa shape index (κ1) is 22.6. The van der Waals surface area contributed by atoms with Gasteiger partial charge in [-0.15, -0.1) is 4.59 Å². The van der Waals surface area contributed by atoms with Gasteiger partial charge in [-0.2, -0.15) is 10.8 Å². The van der Waals surface area contributed by atoms with Gasteiger partial charge < -0.3 is 10.1 Å². The largest absolute Gasteiger partial charge is 0.489 e. The molecule has 7 nitrogen and oxygen atoms in total. The van der Waals surface area contributed by atoms with E-state index in [4.69, 9.17) is 15.6 Å². The van der Waals surface area contributed by atoms with Crippen molar-refractivity contribution in [2.45, 2.75) is 6.61 Å². The molecule has 6 rings (SSSR count). The van der Waals surface area contributed by atoms with Crippen LogP contribution in [0.4, 0.5) is 5.69 Å². The highest BCUT2D eigenvalue weighted by Gasteiger charge is 2.44. The minimum Gasteiger partial charge on any atom is -0.489 e. The number of nitrogens with two attached hydrogens (primary N) is 1. The molecule has 0 aromatic heterocycles. The van der Waals surface area contributed by atoms with Crippen LogP contribution >= 0.6 is 0 Å². The molecule has 1 atom stereocenters. The van der Waals surface area contributed by atoms with E-state index in [1.165, 1.54) is 0 Å². The molecular weight excluding hydrogens is 462 g/mol. The normalized spacial score (nSPS) is 19.2. The molecule has 0 radical (unpaired) electrons. The van der Waals surface area contributed by atoms with Crippen LogP contribution in [-0.2, 0) is 6.61 Å². The third-order valence-electron chi connectivity index (χ3n) is 6.41. The molecule has 3 aliphatic rings. The van der Waals surface area contributed by atoms with Crippen molar-refractivity contribution in [1.29, 1.82) is 0 Å². The lowest BCUT2D eigenvalue weighted by atomic mass is 10.0. The van der Waals surface area contributed by atoms with E-state index < -0.39 is 0 Å². The predicted molar refractivity (Wildman–Crippen MR) is 144 cm³/mol. The van der Waals surface area contributed by atoms with E-state index in [0.717, 1.165) is 28.1 Å². The lowest BCUT2D eigenvalue weighted by molar-refractivity contribution is -0.750. The van der Waals surface area contributed by atoms with Gasteiger partial charge in [0, 0.05) is 22.4 Å². The summed E-state index contributed by atoms with van der Waals surface area (Å²) in [5, 5.41) is 2.99. The van der Waals surface area contributed by atoms with Crippen molar-refractivity contribution in [2.24, 2.45) is 15.8 Å². The number of nitrogens with zero attached hydrogens (tertiary/aromatic N) is 3. The number of rotatable bonds is 7. The standard InChI is InChI=1S/C30H23N5O2/c31-35-17-16-32-19-27(35)28(21-11-6-12-21)34-29(35)23-13-7-14-25(18-23)37-20-24-10-4-5-15-26(24)33-30(36)22-8-2-1-3-9-22/h1-19H,20,31H2/p+1. The van der Waals surface area contributed by atoms with Crippen LogP contribution in [0.25, 0.3) is 0 Å². The number of amidine groups is 1. The lowest BCUT2D eigenvalue weighted by Crippen LogP contribution is -2.53. The summed E-state index contributed by atoms with van der Waals surface area (Å²) in [5.74, 6) is 8.01. The molecule has 0 bridgehead atoms. The molecule has 0 fully saturated rings. The summed E-state index contributed by atoms with van der Waals surface area (Å²) < 4.78 is 6.11. The van der Waals surface area contributed by atoms with Crippen molar-refractivity contribution in [3.05, 3.63) is 143 Å². The van der Waals surface area contributed by atoms with Gasteiger partial charge in [0.25, 0.3) is 11.7 Å². The topological polar surface area (TPSA) is 89.1 Å². The highest BCUT2D eigenvalue weighted by Crippen LogP contribution is 2.36. The third-order valence-corrected chi connectivity index (χ3v) is 6.41. The van der Waals surface area contributed by atoms with Crippen LogP contribution in [-0.4, -0.2) is 22.5 Å². The molecule has 2 aliphatic heterocycles. The highest BCUT2D eigenvalue weighted by atomic mass is 16.5. The molecule has 37 heavy (non-hydrogen) atoms. The fourth-order valence-corrected chi connectivity index (χ4v) is 4.38. The van der Waals surface area contributed by atoms with Crippen molar-refractivity contribution < 1.29 is 14.1 Å². The first-order chi connectivity index (χ1) is 18.1. The average molecular weight is 487 g/mol. The van der Waals surface area contributed by atoms with Gasteiger partial charge >= 0.3 is 0 Å². The molecule has 7 heteroatoms. The molecule has 0 saturated heterocycles.